The Morgan fingerprint density at radius 3 is 2.33 bits per heavy atom. The second-order valence-electron chi connectivity index (χ2n) is 5.65. The molecule has 0 saturated carbocycles. The van der Waals surface area contributed by atoms with Crippen molar-refractivity contribution < 1.29 is 9.53 Å². The third-order valence-electron chi connectivity index (χ3n) is 3.68. The van der Waals surface area contributed by atoms with Crippen LogP contribution in [0.5, 0.6) is 5.75 Å². The van der Waals surface area contributed by atoms with E-state index < -0.39 is 0 Å². The Bertz CT molecular complexity index is 964. The first-order valence-electron chi connectivity index (χ1n) is 8.18. The highest BCUT2D eigenvalue weighted by Gasteiger charge is 2.05. The number of carbonyl (C=O) groups is 1. The number of rotatable bonds is 6. The van der Waals surface area contributed by atoms with Crippen LogP contribution in [-0.2, 0) is 4.79 Å². The number of ether oxygens (including phenoxy) is 1. The van der Waals surface area contributed by atoms with Gasteiger partial charge in [0.15, 0.2) is 6.61 Å². The number of amides is 1. The first-order valence-corrected chi connectivity index (χ1v) is 8.56. The number of hydrogen-bond donors (Lipinski definition) is 2. The van der Waals surface area contributed by atoms with Crippen molar-refractivity contribution in [3.05, 3.63) is 83.4 Å². The highest BCUT2D eigenvalue weighted by Crippen LogP contribution is 2.22. The summed E-state index contributed by atoms with van der Waals surface area (Å²) in [4.78, 5) is 12.0. The van der Waals surface area contributed by atoms with E-state index in [0.717, 1.165) is 11.4 Å². The van der Waals surface area contributed by atoms with Crippen molar-refractivity contribution in [1.82, 2.24) is 0 Å². The van der Waals surface area contributed by atoms with Gasteiger partial charge in [0.2, 0.25) is 0 Å². The van der Waals surface area contributed by atoms with Crippen LogP contribution in [0.4, 0.5) is 17.1 Å². The molecule has 0 heterocycles. The predicted molar refractivity (Wildman–Crippen MR) is 106 cm³/mol. The van der Waals surface area contributed by atoms with Gasteiger partial charge in [0, 0.05) is 16.4 Å². The Hall–Kier alpha value is -3.49. The van der Waals surface area contributed by atoms with Crippen LogP contribution in [0.25, 0.3) is 0 Å². The van der Waals surface area contributed by atoms with Crippen molar-refractivity contribution in [2.45, 2.75) is 0 Å². The van der Waals surface area contributed by atoms with E-state index in [4.69, 9.17) is 21.6 Å². The minimum atomic E-state index is -0.263. The van der Waals surface area contributed by atoms with E-state index in [-0.39, 0.29) is 12.5 Å². The van der Waals surface area contributed by atoms with Crippen LogP contribution in [0, 0.1) is 11.3 Å². The average Bonchev–Trinajstić information content (AvgIpc) is 2.69. The maximum absolute atomic E-state index is 12.0. The third kappa shape index (κ3) is 5.24. The topological polar surface area (TPSA) is 74.2 Å². The van der Waals surface area contributed by atoms with Gasteiger partial charge < -0.3 is 15.4 Å². The number of halogens is 1. The van der Waals surface area contributed by atoms with E-state index in [9.17, 15) is 4.79 Å². The molecule has 27 heavy (non-hydrogen) atoms. The number of para-hydroxylation sites is 1. The maximum atomic E-state index is 12.0. The van der Waals surface area contributed by atoms with E-state index in [2.05, 4.69) is 16.7 Å². The molecule has 3 rings (SSSR count). The highest BCUT2D eigenvalue weighted by atomic mass is 35.5. The molecule has 134 valence electrons. The van der Waals surface area contributed by atoms with E-state index in [1.807, 2.05) is 30.3 Å². The molecule has 5 nitrogen and oxygen atoms in total. The zero-order valence-electron chi connectivity index (χ0n) is 14.3. The fourth-order valence-corrected chi connectivity index (χ4v) is 2.48. The lowest BCUT2D eigenvalue weighted by Gasteiger charge is -2.10. The fourth-order valence-electron chi connectivity index (χ4n) is 2.36. The van der Waals surface area contributed by atoms with Crippen molar-refractivity contribution in [2.24, 2.45) is 0 Å². The largest absolute Gasteiger partial charge is 0.484 e. The maximum Gasteiger partial charge on any atom is 0.262 e. The number of nitriles is 1. The number of hydrogen-bond acceptors (Lipinski definition) is 4. The van der Waals surface area contributed by atoms with Gasteiger partial charge in [-0.1, -0.05) is 23.7 Å². The first-order chi connectivity index (χ1) is 13.1. The molecule has 0 unspecified atom stereocenters. The lowest BCUT2D eigenvalue weighted by atomic mass is 10.2. The van der Waals surface area contributed by atoms with Gasteiger partial charge in [0.05, 0.1) is 11.3 Å². The van der Waals surface area contributed by atoms with Crippen LogP contribution < -0.4 is 15.4 Å². The molecule has 0 bridgehead atoms. The molecular formula is C21H16ClN3O2. The molecule has 2 N–H and O–H groups in total. The van der Waals surface area contributed by atoms with Crippen LogP contribution in [0.2, 0.25) is 5.02 Å². The van der Waals surface area contributed by atoms with Gasteiger partial charge in [-0.05, 0) is 60.7 Å². The van der Waals surface area contributed by atoms with Gasteiger partial charge in [-0.2, -0.15) is 5.26 Å². The highest BCUT2D eigenvalue weighted by molar-refractivity contribution is 6.30. The van der Waals surface area contributed by atoms with Crippen molar-refractivity contribution in [2.75, 3.05) is 17.2 Å². The van der Waals surface area contributed by atoms with Gasteiger partial charge in [-0.25, -0.2) is 0 Å². The molecule has 0 aliphatic rings. The molecule has 0 spiro atoms. The van der Waals surface area contributed by atoms with Crippen molar-refractivity contribution in [3.8, 4) is 11.8 Å². The number of carbonyl (C=O) groups excluding carboxylic acids is 1. The minimum absolute atomic E-state index is 0.100. The zero-order valence-corrected chi connectivity index (χ0v) is 15.0. The van der Waals surface area contributed by atoms with Gasteiger partial charge >= 0.3 is 0 Å². The van der Waals surface area contributed by atoms with Gasteiger partial charge in [-0.15, -0.1) is 0 Å². The van der Waals surface area contributed by atoms with E-state index in [1.165, 1.54) is 0 Å². The van der Waals surface area contributed by atoms with Crippen molar-refractivity contribution in [1.29, 1.82) is 5.26 Å². The summed E-state index contributed by atoms with van der Waals surface area (Å²) in [6.07, 6.45) is 0. The standard InChI is InChI=1S/C21H16ClN3O2/c22-16-5-11-19(12-6-16)27-14-21(26)25-18-9-7-17(8-10-18)24-20-4-2-1-3-15(20)13-23/h1-12,24H,14H2,(H,25,26). The Balaban J connectivity index is 1.55. The van der Waals surface area contributed by atoms with E-state index in [1.54, 1.807) is 42.5 Å². The van der Waals surface area contributed by atoms with Crippen molar-refractivity contribution >= 4 is 34.6 Å². The summed E-state index contributed by atoms with van der Waals surface area (Å²) in [6.45, 7) is -0.100. The average molecular weight is 378 g/mol. The molecule has 0 atom stereocenters. The quantitative estimate of drug-likeness (QED) is 0.635. The number of nitrogens with one attached hydrogen (secondary N) is 2. The molecule has 0 aliphatic heterocycles. The Labute approximate surface area is 162 Å². The molecule has 0 aliphatic carbocycles. The van der Waals surface area contributed by atoms with E-state index >= 15 is 0 Å². The summed E-state index contributed by atoms with van der Waals surface area (Å²) >= 11 is 5.81. The van der Waals surface area contributed by atoms with Crippen molar-refractivity contribution in [3.63, 3.8) is 0 Å². The van der Waals surface area contributed by atoms with Gasteiger partial charge in [-0.3, -0.25) is 4.79 Å². The lowest BCUT2D eigenvalue weighted by Crippen LogP contribution is -2.20. The monoisotopic (exact) mass is 377 g/mol. The summed E-state index contributed by atoms with van der Waals surface area (Å²) in [5, 5.41) is 15.7. The number of benzene rings is 3. The van der Waals surface area contributed by atoms with Crippen LogP contribution in [0.3, 0.4) is 0 Å². The third-order valence-corrected chi connectivity index (χ3v) is 3.93. The minimum Gasteiger partial charge on any atom is -0.484 e. The number of anilines is 3. The normalized spacial score (nSPS) is 9.93. The number of nitrogens with zero attached hydrogens (tertiary/aromatic N) is 1. The van der Waals surface area contributed by atoms with Gasteiger partial charge in [0.1, 0.15) is 11.8 Å². The summed E-state index contributed by atoms with van der Waals surface area (Å²) in [6, 6.07) is 23.4. The molecule has 6 heteroatoms. The van der Waals surface area contributed by atoms with Gasteiger partial charge in [0.25, 0.3) is 5.91 Å². The van der Waals surface area contributed by atoms with Crippen LogP contribution in [0.15, 0.2) is 72.8 Å². The van der Waals surface area contributed by atoms with Crippen LogP contribution in [-0.4, -0.2) is 12.5 Å². The summed E-state index contributed by atoms with van der Waals surface area (Å²) in [5.74, 6) is 0.311. The first kappa shape index (κ1) is 18.3. The summed E-state index contributed by atoms with van der Waals surface area (Å²) in [5.41, 5.74) is 2.76. The molecule has 3 aromatic rings. The van der Waals surface area contributed by atoms with E-state index in [0.29, 0.717) is 22.0 Å². The summed E-state index contributed by atoms with van der Waals surface area (Å²) in [7, 11) is 0. The Kier molecular flexibility index (Phi) is 5.93. The molecule has 0 saturated heterocycles. The second-order valence-corrected chi connectivity index (χ2v) is 6.09. The SMILES string of the molecule is N#Cc1ccccc1Nc1ccc(NC(=O)COc2ccc(Cl)cc2)cc1. The Morgan fingerprint density at radius 1 is 0.963 bits per heavy atom. The lowest BCUT2D eigenvalue weighted by molar-refractivity contribution is -0.118. The van der Waals surface area contributed by atoms with Crippen LogP contribution in [0.1, 0.15) is 5.56 Å². The van der Waals surface area contributed by atoms with Crippen LogP contribution >= 0.6 is 11.6 Å². The molecule has 0 radical (unpaired) electrons. The second kappa shape index (κ2) is 8.75. The zero-order chi connectivity index (χ0) is 19.1. The predicted octanol–water partition coefficient (Wildman–Crippen LogP) is 4.97. The smallest absolute Gasteiger partial charge is 0.262 e. The molecular weight excluding hydrogens is 362 g/mol. The summed E-state index contributed by atoms with van der Waals surface area (Å²) < 4.78 is 5.41. The molecule has 0 fully saturated rings. The molecule has 1 amide bonds. The molecule has 3 aromatic carbocycles. The molecule has 0 aromatic heterocycles. The Morgan fingerprint density at radius 2 is 1.63 bits per heavy atom. The fraction of sp³-hybridized carbons (Fsp3) is 0.0476.